The van der Waals surface area contributed by atoms with Crippen molar-refractivity contribution in [2.45, 2.75) is 17.9 Å². The average Bonchev–Trinajstić information content (AvgIpc) is 2.88. The van der Waals surface area contributed by atoms with Gasteiger partial charge in [-0.15, -0.1) is 0 Å². The molecule has 0 bridgehead atoms. The first-order chi connectivity index (χ1) is 9.47. The predicted octanol–water partition coefficient (Wildman–Crippen LogP) is 0.615. The normalized spacial score (nSPS) is 11.4. The van der Waals surface area contributed by atoms with E-state index in [-0.39, 0.29) is 4.90 Å². The highest BCUT2D eigenvalue weighted by molar-refractivity contribution is 7.89. The maximum Gasteiger partial charge on any atom is 0.238 e. The molecule has 0 unspecified atom stereocenters. The monoisotopic (exact) mass is 295 g/mol. The highest BCUT2D eigenvalue weighted by atomic mass is 32.2. The number of hydrogen-bond acceptors (Lipinski definition) is 5. The quantitative estimate of drug-likeness (QED) is 0.533. The minimum atomic E-state index is -3.72. The molecular weight excluding hydrogens is 278 g/mol. The number of sulfonamides is 1. The zero-order chi connectivity index (χ0) is 14.6. The Labute approximate surface area is 117 Å². The molecule has 2 aromatic rings. The number of nitrogens with one attached hydrogen (secondary N) is 1. The second-order valence-corrected chi connectivity index (χ2v) is 5.94. The Morgan fingerprint density at radius 1 is 1.35 bits per heavy atom. The maximum absolute atomic E-state index is 11.3. The molecule has 0 amide bonds. The molecule has 0 aliphatic carbocycles. The van der Waals surface area contributed by atoms with Crippen LogP contribution in [0.1, 0.15) is 6.42 Å². The Morgan fingerprint density at radius 2 is 2.15 bits per heavy atom. The Hall–Kier alpha value is -2.06. The van der Waals surface area contributed by atoms with Gasteiger partial charge >= 0.3 is 0 Å². The van der Waals surface area contributed by atoms with Gasteiger partial charge in [-0.25, -0.2) is 18.5 Å². The average molecular weight is 295 g/mol. The molecule has 0 spiro atoms. The summed E-state index contributed by atoms with van der Waals surface area (Å²) in [5, 5.41) is 8.20. The van der Waals surface area contributed by atoms with E-state index in [1.807, 2.05) is 10.8 Å². The fourth-order valence-corrected chi connectivity index (χ4v) is 2.31. The van der Waals surface area contributed by atoms with Crippen LogP contribution in [-0.2, 0) is 16.6 Å². The molecule has 8 heteroatoms. The number of aryl methyl sites for hydroxylation is 1. The SMILES string of the molecule is Nc1ccc(S(N)(=O)=O)cc1NCCCn1ccnc1. The second-order valence-electron chi connectivity index (χ2n) is 4.37. The van der Waals surface area contributed by atoms with Gasteiger partial charge in [0.2, 0.25) is 10.0 Å². The molecule has 0 saturated carbocycles. The topological polar surface area (TPSA) is 116 Å². The highest BCUT2D eigenvalue weighted by Gasteiger charge is 2.09. The first-order valence-electron chi connectivity index (χ1n) is 6.09. The molecule has 1 heterocycles. The molecule has 0 radical (unpaired) electrons. The number of hydrogen-bond donors (Lipinski definition) is 3. The van der Waals surface area contributed by atoms with Crippen LogP contribution in [0.25, 0.3) is 0 Å². The summed E-state index contributed by atoms with van der Waals surface area (Å²) < 4.78 is 24.5. The first-order valence-corrected chi connectivity index (χ1v) is 7.63. The number of anilines is 2. The fourth-order valence-electron chi connectivity index (χ4n) is 1.77. The van der Waals surface area contributed by atoms with Gasteiger partial charge in [-0.3, -0.25) is 0 Å². The Balaban J connectivity index is 1.95. The Kier molecular flexibility index (Phi) is 4.26. The Bertz CT molecular complexity index is 667. The third-order valence-corrected chi connectivity index (χ3v) is 3.73. The minimum absolute atomic E-state index is 0.0452. The van der Waals surface area contributed by atoms with Gasteiger partial charge in [0.15, 0.2) is 0 Å². The first kappa shape index (κ1) is 14.4. The smallest absolute Gasteiger partial charge is 0.238 e. The van der Waals surface area contributed by atoms with E-state index in [0.717, 1.165) is 13.0 Å². The summed E-state index contributed by atoms with van der Waals surface area (Å²) in [6.45, 7) is 1.48. The van der Waals surface area contributed by atoms with Crippen molar-refractivity contribution in [3.63, 3.8) is 0 Å². The molecule has 20 heavy (non-hydrogen) atoms. The molecule has 5 N–H and O–H groups in total. The van der Waals surface area contributed by atoms with Crippen LogP contribution in [0.5, 0.6) is 0 Å². The third kappa shape index (κ3) is 3.72. The third-order valence-electron chi connectivity index (χ3n) is 2.82. The summed E-state index contributed by atoms with van der Waals surface area (Å²) in [6.07, 6.45) is 6.21. The minimum Gasteiger partial charge on any atom is -0.397 e. The van der Waals surface area contributed by atoms with Crippen molar-refractivity contribution in [3.05, 3.63) is 36.9 Å². The Morgan fingerprint density at radius 3 is 2.80 bits per heavy atom. The van der Waals surface area contributed by atoms with Crippen molar-refractivity contribution in [3.8, 4) is 0 Å². The lowest BCUT2D eigenvalue weighted by molar-refractivity contribution is 0.598. The molecular formula is C12H17N5O2S. The second kappa shape index (κ2) is 5.93. The van der Waals surface area contributed by atoms with E-state index >= 15 is 0 Å². The number of rotatable bonds is 6. The summed E-state index contributed by atoms with van der Waals surface area (Å²) in [5.41, 5.74) is 6.85. The largest absolute Gasteiger partial charge is 0.397 e. The van der Waals surface area contributed by atoms with E-state index < -0.39 is 10.0 Å². The molecule has 2 rings (SSSR count). The van der Waals surface area contributed by atoms with Gasteiger partial charge in [-0.1, -0.05) is 0 Å². The van der Waals surface area contributed by atoms with Crippen molar-refractivity contribution in [1.82, 2.24) is 9.55 Å². The van der Waals surface area contributed by atoms with Crippen molar-refractivity contribution < 1.29 is 8.42 Å². The van der Waals surface area contributed by atoms with E-state index in [9.17, 15) is 8.42 Å². The predicted molar refractivity (Wildman–Crippen MR) is 77.6 cm³/mol. The van der Waals surface area contributed by atoms with Crippen molar-refractivity contribution in [2.24, 2.45) is 5.14 Å². The van der Waals surface area contributed by atoms with Crippen molar-refractivity contribution in [2.75, 3.05) is 17.6 Å². The number of nitrogens with two attached hydrogens (primary N) is 2. The molecule has 1 aromatic carbocycles. The summed E-state index contributed by atoms with van der Waals surface area (Å²) >= 11 is 0. The van der Waals surface area contributed by atoms with Crippen LogP contribution in [-0.4, -0.2) is 24.5 Å². The van der Waals surface area contributed by atoms with Crippen LogP contribution in [0.15, 0.2) is 41.8 Å². The highest BCUT2D eigenvalue weighted by Crippen LogP contribution is 2.22. The van der Waals surface area contributed by atoms with Crippen LogP contribution in [0.2, 0.25) is 0 Å². The zero-order valence-electron chi connectivity index (χ0n) is 10.9. The van der Waals surface area contributed by atoms with Gasteiger partial charge in [0.1, 0.15) is 0 Å². The van der Waals surface area contributed by atoms with Gasteiger partial charge < -0.3 is 15.6 Å². The van der Waals surface area contributed by atoms with Gasteiger partial charge in [-0.2, -0.15) is 0 Å². The summed E-state index contributed by atoms with van der Waals surface area (Å²) in [5.74, 6) is 0. The number of benzene rings is 1. The van der Waals surface area contributed by atoms with E-state index in [0.29, 0.717) is 17.9 Å². The summed E-state index contributed by atoms with van der Waals surface area (Å²) in [6, 6.07) is 4.36. The van der Waals surface area contributed by atoms with Crippen LogP contribution < -0.4 is 16.2 Å². The van der Waals surface area contributed by atoms with Crippen LogP contribution >= 0.6 is 0 Å². The van der Waals surface area contributed by atoms with Gasteiger partial charge in [0.25, 0.3) is 0 Å². The number of primary sulfonamides is 1. The molecule has 1 aromatic heterocycles. The van der Waals surface area contributed by atoms with Crippen LogP contribution in [0, 0.1) is 0 Å². The summed E-state index contributed by atoms with van der Waals surface area (Å²) in [7, 11) is -3.72. The maximum atomic E-state index is 11.3. The van der Waals surface area contributed by atoms with E-state index in [2.05, 4.69) is 10.3 Å². The number of aromatic nitrogens is 2. The molecule has 7 nitrogen and oxygen atoms in total. The lowest BCUT2D eigenvalue weighted by Crippen LogP contribution is -2.13. The number of imidazole rings is 1. The summed E-state index contributed by atoms with van der Waals surface area (Å²) in [4.78, 5) is 4.00. The lowest BCUT2D eigenvalue weighted by atomic mass is 10.2. The molecule has 108 valence electrons. The van der Waals surface area contributed by atoms with Crippen LogP contribution in [0.3, 0.4) is 0 Å². The fraction of sp³-hybridized carbons (Fsp3) is 0.250. The zero-order valence-corrected chi connectivity index (χ0v) is 11.7. The number of nitrogen functional groups attached to an aromatic ring is 1. The molecule has 0 saturated heterocycles. The molecule has 0 aliphatic rings. The van der Waals surface area contributed by atoms with E-state index in [1.54, 1.807) is 12.5 Å². The van der Waals surface area contributed by atoms with E-state index in [4.69, 9.17) is 10.9 Å². The van der Waals surface area contributed by atoms with Crippen LogP contribution in [0.4, 0.5) is 11.4 Å². The number of nitrogens with zero attached hydrogens (tertiary/aromatic N) is 2. The molecule has 0 fully saturated rings. The molecule has 0 atom stereocenters. The van der Waals surface area contributed by atoms with Gasteiger partial charge in [-0.05, 0) is 24.6 Å². The van der Waals surface area contributed by atoms with Gasteiger partial charge in [0.05, 0.1) is 22.6 Å². The standard InChI is InChI=1S/C12H17N5O2S/c13-11-3-2-10(20(14,18)19)8-12(11)16-4-1-6-17-7-5-15-9-17/h2-3,5,7-9,16H,1,4,6,13H2,(H2,14,18,19). The lowest BCUT2D eigenvalue weighted by Gasteiger charge is -2.11. The van der Waals surface area contributed by atoms with Gasteiger partial charge in [0, 0.05) is 25.5 Å². The van der Waals surface area contributed by atoms with Crippen molar-refractivity contribution >= 4 is 21.4 Å². The molecule has 0 aliphatic heterocycles. The van der Waals surface area contributed by atoms with E-state index in [1.165, 1.54) is 18.2 Å². The van der Waals surface area contributed by atoms with Crippen molar-refractivity contribution in [1.29, 1.82) is 0 Å².